The molecule has 0 aliphatic carbocycles. The molecule has 9 N–H and O–H groups in total. The van der Waals surface area contributed by atoms with E-state index in [1.165, 1.54) is 6.92 Å². The molecule has 27 heavy (non-hydrogen) atoms. The van der Waals surface area contributed by atoms with Crippen molar-refractivity contribution in [1.82, 2.24) is 20.8 Å². The van der Waals surface area contributed by atoms with Crippen molar-refractivity contribution in [2.45, 2.75) is 38.4 Å². The highest BCUT2D eigenvalue weighted by atomic mass is 16.5. The fraction of sp³-hybridized carbons (Fsp3) is 0.538. The zero-order valence-corrected chi connectivity index (χ0v) is 14.4. The van der Waals surface area contributed by atoms with Gasteiger partial charge in [0.2, 0.25) is 11.8 Å². The van der Waals surface area contributed by atoms with Crippen LogP contribution >= 0.6 is 0 Å². The molecule has 0 spiro atoms. The van der Waals surface area contributed by atoms with Crippen LogP contribution in [0.4, 0.5) is 4.79 Å². The average molecular weight is 390 g/mol. The Bertz CT molecular complexity index is 645. The summed E-state index contributed by atoms with van der Waals surface area (Å²) in [5, 5.41) is 34.1. The first-order valence-electron chi connectivity index (χ1n) is 7.50. The predicted molar refractivity (Wildman–Crippen MR) is 86.8 cm³/mol. The number of primary amides is 1. The summed E-state index contributed by atoms with van der Waals surface area (Å²) in [6.07, 6.45) is -0.655. The number of urea groups is 1. The van der Waals surface area contributed by atoms with E-state index in [0.29, 0.717) is 0 Å². The minimum absolute atomic E-state index is 0.0106. The summed E-state index contributed by atoms with van der Waals surface area (Å²) < 4.78 is 4.78. The van der Waals surface area contributed by atoms with Gasteiger partial charge in [0, 0.05) is 13.3 Å². The summed E-state index contributed by atoms with van der Waals surface area (Å²) in [5.74, 6) is -2.78. The van der Waals surface area contributed by atoms with Gasteiger partial charge < -0.3 is 41.9 Å². The van der Waals surface area contributed by atoms with Gasteiger partial charge in [-0.15, -0.1) is 0 Å². The Morgan fingerprint density at radius 3 is 2.33 bits per heavy atom. The van der Waals surface area contributed by atoms with Gasteiger partial charge in [0.25, 0.3) is 0 Å². The Hall–Kier alpha value is -3.26. The number of carboxylic acids is 2. The van der Waals surface area contributed by atoms with Crippen molar-refractivity contribution in [3.63, 3.8) is 0 Å². The third-order valence-corrected chi connectivity index (χ3v) is 2.66. The van der Waals surface area contributed by atoms with E-state index in [4.69, 9.17) is 25.6 Å². The van der Waals surface area contributed by atoms with Crippen LogP contribution in [0.15, 0.2) is 4.52 Å². The number of aliphatic carboxylic acids is 2. The van der Waals surface area contributed by atoms with Crippen LogP contribution in [0.2, 0.25) is 0 Å². The van der Waals surface area contributed by atoms with Gasteiger partial charge in [-0.2, -0.15) is 4.98 Å². The number of nitrogens with one attached hydrogen (secondary N) is 2. The molecule has 2 unspecified atom stereocenters. The molecule has 0 aromatic carbocycles. The summed E-state index contributed by atoms with van der Waals surface area (Å²) in [4.78, 5) is 46.0. The molecule has 152 valence electrons. The van der Waals surface area contributed by atoms with E-state index in [2.05, 4.69) is 26.5 Å². The molecular weight excluding hydrogens is 368 g/mol. The Morgan fingerprint density at radius 2 is 1.85 bits per heavy atom. The third-order valence-electron chi connectivity index (χ3n) is 2.66. The number of amides is 3. The van der Waals surface area contributed by atoms with E-state index < -0.39 is 36.5 Å². The molecule has 0 saturated carbocycles. The van der Waals surface area contributed by atoms with Crippen molar-refractivity contribution >= 4 is 23.9 Å². The third kappa shape index (κ3) is 11.1. The van der Waals surface area contributed by atoms with Crippen molar-refractivity contribution in [1.29, 1.82) is 0 Å². The van der Waals surface area contributed by atoms with Crippen LogP contribution in [0.5, 0.6) is 0 Å². The fourth-order valence-electron chi connectivity index (χ4n) is 1.46. The molecule has 1 heterocycles. The van der Waals surface area contributed by atoms with E-state index in [1.54, 1.807) is 0 Å². The van der Waals surface area contributed by atoms with Crippen LogP contribution in [-0.2, 0) is 20.9 Å². The van der Waals surface area contributed by atoms with Gasteiger partial charge >= 0.3 is 18.0 Å². The van der Waals surface area contributed by atoms with Gasteiger partial charge in [0.1, 0.15) is 6.04 Å². The number of carboxylic acid groups (broad SMARTS) is 2. The summed E-state index contributed by atoms with van der Waals surface area (Å²) in [6.45, 7) is 0.735. The van der Waals surface area contributed by atoms with Gasteiger partial charge in [-0.05, 0) is 6.42 Å². The second-order valence-electron chi connectivity index (χ2n) is 5.10. The number of aliphatic hydroxyl groups excluding tert-OH is 1. The SMILES string of the molecule is CC(N)=O.NC(CO)c1noc(CNC(=O)NC(CCC(=O)O)C(=O)O)n1. The van der Waals surface area contributed by atoms with Gasteiger partial charge in [-0.1, -0.05) is 5.16 Å². The first kappa shape index (κ1) is 23.7. The first-order chi connectivity index (χ1) is 12.6. The molecule has 1 aromatic heterocycles. The fourth-order valence-corrected chi connectivity index (χ4v) is 1.46. The minimum atomic E-state index is -1.35. The van der Waals surface area contributed by atoms with E-state index in [0.717, 1.165) is 0 Å². The zero-order chi connectivity index (χ0) is 21.0. The minimum Gasteiger partial charge on any atom is -0.481 e. The number of hydrogen-bond donors (Lipinski definition) is 7. The molecule has 14 heteroatoms. The number of hydrogen-bond acceptors (Lipinski definition) is 9. The molecule has 2 atom stereocenters. The number of carbonyl (C=O) groups excluding carboxylic acids is 2. The van der Waals surface area contributed by atoms with E-state index in [-0.39, 0.29) is 37.2 Å². The summed E-state index contributed by atoms with van der Waals surface area (Å²) in [7, 11) is 0. The molecule has 0 aliphatic heterocycles. The second-order valence-corrected chi connectivity index (χ2v) is 5.10. The number of aromatic nitrogens is 2. The number of aliphatic hydroxyl groups is 1. The lowest BCUT2D eigenvalue weighted by Crippen LogP contribution is -2.46. The van der Waals surface area contributed by atoms with Crippen molar-refractivity contribution in [3.8, 4) is 0 Å². The van der Waals surface area contributed by atoms with Crippen LogP contribution < -0.4 is 22.1 Å². The van der Waals surface area contributed by atoms with Crippen LogP contribution in [0.1, 0.15) is 37.5 Å². The Kier molecular flexibility index (Phi) is 10.7. The second kappa shape index (κ2) is 12.2. The van der Waals surface area contributed by atoms with Crippen molar-refractivity contribution in [2.75, 3.05) is 6.61 Å². The summed E-state index contributed by atoms with van der Waals surface area (Å²) in [6, 6.07) is -2.99. The van der Waals surface area contributed by atoms with E-state index in [9.17, 15) is 19.2 Å². The summed E-state index contributed by atoms with van der Waals surface area (Å²) in [5.41, 5.74) is 9.94. The maximum Gasteiger partial charge on any atom is 0.326 e. The maximum atomic E-state index is 11.6. The monoisotopic (exact) mass is 390 g/mol. The molecular formula is C13H22N6O8. The quantitative estimate of drug-likeness (QED) is 0.235. The topological polar surface area (TPSA) is 244 Å². The standard InChI is InChI=1S/C11H17N5O7.C2H5NO/c12-5(4-17)9-15-7(23-16-9)3-13-11(22)14-6(10(20)21)1-2-8(18)19;1-2(3)4/h5-6,17H,1-4,12H2,(H,18,19)(H,20,21)(H2,13,14,22);1H3,(H2,3,4). The highest BCUT2D eigenvalue weighted by Gasteiger charge is 2.21. The molecule has 3 amide bonds. The normalized spacial score (nSPS) is 12.1. The number of nitrogens with two attached hydrogens (primary N) is 2. The van der Waals surface area contributed by atoms with Crippen LogP contribution in [-0.4, -0.2) is 62.0 Å². The molecule has 1 rings (SSSR count). The number of rotatable bonds is 9. The Labute approximate surface area is 152 Å². The van der Waals surface area contributed by atoms with E-state index >= 15 is 0 Å². The van der Waals surface area contributed by atoms with Gasteiger partial charge in [0.15, 0.2) is 5.82 Å². The predicted octanol–water partition coefficient (Wildman–Crippen LogP) is -2.33. The van der Waals surface area contributed by atoms with Crippen molar-refractivity contribution in [3.05, 3.63) is 11.7 Å². The van der Waals surface area contributed by atoms with Crippen LogP contribution in [0, 0.1) is 0 Å². The molecule has 0 fully saturated rings. The molecule has 0 radical (unpaired) electrons. The largest absolute Gasteiger partial charge is 0.481 e. The van der Waals surface area contributed by atoms with Crippen molar-refractivity contribution in [2.24, 2.45) is 11.5 Å². The lowest BCUT2D eigenvalue weighted by atomic mass is 10.1. The summed E-state index contributed by atoms with van der Waals surface area (Å²) >= 11 is 0. The molecule has 0 bridgehead atoms. The maximum absolute atomic E-state index is 11.6. The van der Waals surface area contributed by atoms with Crippen molar-refractivity contribution < 1.29 is 39.0 Å². The Morgan fingerprint density at radius 1 is 1.26 bits per heavy atom. The molecule has 0 saturated heterocycles. The van der Waals surface area contributed by atoms with Crippen LogP contribution in [0.25, 0.3) is 0 Å². The average Bonchev–Trinajstić information content (AvgIpc) is 3.04. The highest BCUT2D eigenvalue weighted by molar-refractivity contribution is 5.82. The van der Waals surface area contributed by atoms with Crippen LogP contribution in [0.3, 0.4) is 0 Å². The number of carbonyl (C=O) groups is 4. The van der Waals surface area contributed by atoms with Gasteiger partial charge in [-0.25, -0.2) is 9.59 Å². The Balaban J connectivity index is 0.00000153. The lowest BCUT2D eigenvalue weighted by molar-refractivity contribution is -0.140. The van der Waals surface area contributed by atoms with E-state index in [1.807, 2.05) is 0 Å². The molecule has 0 aliphatic rings. The number of nitrogens with zero attached hydrogens (tertiary/aromatic N) is 2. The smallest absolute Gasteiger partial charge is 0.326 e. The zero-order valence-electron chi connectivity index (χ0n) is 14.4. The molecule has 14 nitrogen and oxygen atoms in total. The highest BCUT2D eigenvalue weighted by Crippen LogP contribution is 2.05. The van der Waals surface area contributed by atoms with Gasteiger partial charge in [-0.3, -0.25) is 9.59 Å². The lowest BCUT2D eigenvalue weighted by Gasteiger charge is -2.13. The first-order valence-corrected chi connectivity index (χ1v) is 7.50. The molecule has 1 aromatic rings. The van der Waals surface area contributed by atoms with Gasteiger partial charge in [0.05, 0.1) is 19.2 Å².